The molecule has 0 bridgehead atoms. The van der Waals surface area contributed by atoms with Crippen molar-refractivity contribution in [1.82, 2.24) is 5.12 Å². The highest BCUT2D eigenvalue weighted by Crippen LogP contribution is 2.25. The third-order valence-electron chi connectivity index (χ3n) is 3.07. The summed E-state index contributed by atoms with van der Waals surface area (Å²) in [6.07, 6.45) is -1.50. The van der Waals surface area contributed by atoms with Crippen molar-refractivity contribution in [3.05, 3.63) is 29.3 Å². The van der Waals surface area contributed by atoms with Crippen molar-refractivity contribution >= 4 is 15.9 Å². The van der Waals surface area contributed by atoms with Crippen LogP contribution in [0.2, 0.25) is 6.04 Å². The molecular weight excluding hydrogens is 397 g/mol. The minimum Gasteiger partial charge on any atom is -0.405 e. The van der Waals surface area contributed by atoms with Crippen LogP contribution in [0.1, 0.15) is 20.3 Å². The molecule has 12 heteroatoms. The Morgan fingerprint density at radius 3 is 2.33 bits per heavy atom. The maximum absolute atomic E-state index is 13.6. The van der Waals surface area contributed by atoms with E-state index in [0.29, 0.717) is 19.3 Å². The van der Waals surface area contributed by atoms with Crippen LogP contribution >= 0.6 is 0 Å². The van der Waals surface area contributed by atoms with Gasteiger partial charge in [0, 0.05) is 19.3 Å². The first kappa shape index (κ1) is 23.3. The molecule has 0 N–H and O–H groups in total. The molecule has 1 rings (SSSR count). The molecule has 0 aliphatic heterocycles. The predicted octanol–water partition coefficient (Wildman–Crippen LogP) is 3.19. The Balaban J connectivity index is 2.41. The van der Waals surface area contributed by atoms with Crippen LogP contribution in [0.25, 0.3) is 0 Å². The van der Waals surface area contributed by atoms with Crippen molar-refractivity contribution in [3.8, 4) is 5.75 Å². The highest BCUT2D eigenvalue weighted by atomic mass is 28.2. The molecule has 6 nitrogen and oxygen atoms in total. The minimum atomic E-state index is -2.16. The zero-order valence-electron chi connectivity index (χ0n) is 14.8. The van der Waals surface area contributed by atoms with E-state index < -0.39 is 63.0 Å². The van der Waals surface area contributed by atoms with Gasteiger partial charge < -0.3 is 18.6 Å². The molecule has 27 heavy (non-hydrogen) atoms. The molecule has 0 aliphatic carbocycles. The summed E-state index contributed by atoms with van der Waals surface area (Å²) in [4.78, 5) is 11.5. The largest absolute Gasteiger partial charge is 0.443 e. The van der Waals surface area contributed by atoms with Crippen molar-refractivity contribution in [2.75, 3.05) is 19.8 Å². The number of hydrogen-bond donors (Lipinski definition) is 0. The zero-order chi connectivity index (χ0) is 20.4. The predicted molar refractivity (Wildman–Crippen MR) is 86.2 cm³/mol. The van der Waals surface area contributed by atoms with Gasteiger partial charge in [0.1, 0.15) is 0 Å². The summed E-state index contributed by atoms with van der Waals surface area (Å²) in [7, 11) is -1.12. The van der Waals surface area contributed by atoms with E-state index in [9.17, 15) is 26.8 Å². The van der Waals surface area contributed by atoms with Crippen molar-refractivity contribution < 1.29 is 45.5 Å². The first-order valence-electron chi connectivity index (χ1n) is 8.14. The fourth-order valence-corrected chi connectivity index (χ4v) is 2.79. The van der Waals surface area contributed by atoms with Gasteiger partial charge in [-0.3, -0.25) is 0 Å². The SMILES string of the molecule is CCOC(OCC)O[SiH2]CCCN(F)C(=O)Oc1cc(F)c(F)c(F)c1F. The molecule has 0 fully saturated rings. The Bertz CT molecular complexity index is 619. The zero-order valence-corrected chi connectivity index (χ0v) is 16.2. The topological polar surface area (TPSA) is 57.2 Å². The molecule has 0 saturated heterocycles. The van der Waals surface area contributed by atoms with Crippen LogP contribution in [0.4, 0.5) is 26.8 Å². The molecule has 0 spiro atoms. The summed E-state index contributed by atoms with van der Waals surface area (Å²) in [5.41, 5.74) is 0. The summed E-state index contributed by atoms with van der Waals surface area (Å²) in [6.45, 7) is 3.12. The summed E-state index contributed by atoms with van der Waals surface area (Å²) >= 11 is 0. The van der Waals surface area contributed by atoms with Crippen LogP contribution in [-0.2, 0) is 13.9 Å². The summed E-state index contributed by atoms with van der Waals surface area (Å²) in [6, 6.07) is 0.570. The number of halogens is 5. The second-order valence-corrected chi connectivity index (χ2v) is 6.48. The Labute approximate surface area is 155 Å². The van der Waals surface area contributed by atoms with Crippen molar-refractivity contribution in [2.24, 2.45) is 0 Å². The second kappa shape index (κ2) is 11.8. The van der Waals surface area contributed by atoms with E-state index in [2.05, 4.69) is 4.74 Å². The van der Waals surface area contributed by atoms with Crippen LogP contribution < -0.4 is 4.74 Å². The van der Waals surface area contributed by atoms with Gasteiger partial charge in [0.2, 0.25) is 11.6 Å². The second-order valence-electron chi connectivity index (χ2n) is 5.03. The maximum atomic E-state index is 13.6. The Morgan fingerprint density at radius 2 is 1.74 bits per heavy atom. The Hall–Kier alpha value is -1.76. The molecule has 154 valence electrons. The van der Waals surface area contributed by atoms with Gasteiger partial charge in [-0.1, -0.05) is 4.48 Å². The Morgan fingerprint density at radius 1 is 1.11 bits per heavy atom. The number of carbonyl (C=O) groups excluding carboxylic acids is 1. The van der Waals surface area contributed by atoms with E-state index in [0.717, 1.165) is 0 Å². The number of hydrogen-bond acceptors (Lipinski definition) is 5. The minimum absolute atomic E-state index is 0.113. The van der Waals surface area contributed by atoms with E-state index >= 15 is 0 Å². The fourth-order valence-electron chi connectivity index (χ4n) is 1.81. The fraction of sp³-hybridized carbons (Fsp3) is 0.533. The van der Waals surface area contributed by atoms with Gasteiger partial charge in [-0.25, -0.2) is 18.0 Å². The third kappa shape index (κ3) is 7.40. The van der Waals surface area contributed by atoms with Gasteiger partial charge in [0.25, 0.3) is 6.48 Å². The first-order valence-corrected chi connectivity index (χ1v) is 9.72. The van der Waals surface area contributed by atoms with Crippen LogP contribution in [0, 0.1) is 23.3 Å². The van der Waals surface area contributed by atoms with E-state index in [1.807, 2.05) is 0 Å². The Kier molecular flexibility index (Phi) is 10.2. The highest BCUT2D eigenvalue weighted by molar-refractivity contribution is 6.27. The van der Waals surface area contributed by atoms with Crippen LogP contribution in [0.3, 0.4) is 0 Å². The van der Waals surface area contributed by atoms with E-state index in [4.69, 9.17) is 13.9 Å². The van der Waals surface area contributed by atoms with Gasteiger partial charge in [-0.05, 0) is 26.3 Å². The van der Waals surface area contributed by atoms with E-state index in [1.165, 1.54) is 0 Å². The van der Waals surface area contributed by atoms with E-state index in [1.54, 1.807) is 13.8 Å². The van der Waals surface area contributed by atoms with Crippen molar-refractivity contribution in [1.29, 1.82) is 0 Å². The van der Waals surface area contributed by atoms with E-state index in [-0.39, 0.29) is 12.5 Å². The molecule has 0 aliphatic rings. The standard InChI is InChI=1S/C15H20F5NO5Si/c1-3-23-15(24-4-2)26-27-7-5-6-21(20)14(22)25-10-8-9(16)11(17)13(19)12(10)18/h8,15H,3-7,27H2,1-2H3. The lowest BCUT2D eigenvalue weighted by molar-refractivity contribution is -0.243. The monoisotopic (exact) mass is 417 g/mol. The molecule has 0 heterocycles. The summed E-state index contributed by atoms with van der Waals surface area (Å²) in [5, 5.41) is -0.393. The molecule has 0 aromatic heterocycles. The van der Waals surface area contributed by atoms with Crippen LogP contribution in [0.15, 0.2) is 6.07 Å². The number of nitrogens with zero attached hydrogens (tertiary/aromatic N) is 1. The summed E-state index contributed by atoms with van der Waals surface area (Å²) in [5.74, 6) is -9.19. The van der Waals surface area contributed by atoms with Gasteiger partial charge >= 0.3 is 6.09 Å². The van der Waals surface area contributed by atoms with Gasteiger partial charge in [-0.2, -0.15) is 4.39 Å². The molecule has 0 saturated carbocycles. The molecule has 0 radical (unpaired) electrons. The van der Waals surface area contributed by atoms with Crippen LogP contribution in [0.5, 0.6) is 5.75 Å². The quantitative estimate of drug-likeness (QED) is 0.105. The number of benzene rings is 1. The number of rotatable bonds is 11. The third-order valence-corrected chi connectivity index (χ3v) is 4.37. The number of amides is 1. The normalized spacial score (nSPS) is 11.6. The molecule has 1 amide bonds. The lowest BCUT2D eigenvalue weighted by Gasteiger charge is -2.17. The molecule has 0 unspecified atom stereocenters. The van der Waals surface area contributed by atoms with Crippen LogP contribution in [-0.4, -0.2) is 47.2 Å². The lowest BCUT2D eigenvalue weighted by Crippen LogP contribution is -2.28. The maximum Gasteiger partial charge on any atom is 0.443 e. The van der Waals surface area contributed by atoms with Gasteiger partial charge in [0.15, 0.2) is 27.1 Å². The lowest BCUT2D eigenvalue weighted by atomic mass is 10.3. The molecular formula is C15H20F5NO5Si. The van der Waals surface area contributed by atoms with Crippen molar-refractivity contribution in [3.63, 3.8) is 0 Å². The molecule has 1 aromatic rings. The average Bonchev–Trinajstić information content (AvgIpc) is 2.64. The first-order chi connectivity index (χ1) is 12.8. The number of ether oxygens (including phenoxy) is 3. The number of carbonyl (C=O) groups is 1. The average molecular weight is 417 g/mol. The molecule has 0 atom stereocenters. The van der Waals surface area contributed by atoms with Crippen molar-refractivity contribution in [2.45, 2.75) is 32.8 Å². The smallest absolute Gasteiger partial charge is 0.405 e. The molecule has 1 aromatic carbocycles. The highest BCUT2D eigenvalue weighted by Gasteiger charge is 2.24. The van der Waals surface area contributed by atoms with Gasteiger partial charge in [-0.15, -0.1) is 5.12 Å². The van der Waals surface area contributed by atoms with Gasteiger partial charge in [0.05, 0.1) is 6.54 Å². The summed E-state index contributed by atoms with van der Waals surface area (Å²) < 4.78 is 85.8.